The van der Waals surface area contributed by atoms with E-state index in [0.29, 0.717) is 14.7 Å². The van der Waals surface area contributed by atoms with E-state index < -0.39 is 5.91 Å². The van der Waals surface area contributed by atoms with E-state index in [4.69, 9.17) is 5.73 Å². The van der Waals surface area contributed by atoms with Crippen LogP contribution in [0.3, 0.4) is 0 Å². The van der Waals surface area contributed by atoms with Crippen LogP contribution in [0.4, 0.5) is 0 Å². The van der Waals surface area contributed by atoms with Crippen molar-refractivity contribution in [2.24, 2.45) is 5.73 Å². The molecule has 0 spiro atoms. The predicted molar refractivity (Wildman–Crippen MR) is 96.0 cm³/mol. The number of nitrogens with one attached hydrogen (secondary N) is 1. The molecule has 1 atom stereocenters. The molecule has 0 aliphatic heterocycles. The number of thioether (sulfide) groups is 2. The van der Waals surface area contributed by atoms with Gasteiger partial charge in [-0.3, -0.25) is 9.59 Å². The molecule has 0 radical (unpaired) electrons. The highest BCUT2D eigenvalue weighted by atomic mass is 32.2. The molecule has 2 aromatic rings. The lowest BCUT2D eigenvalue weighted by Crippen LogP contribution is -2.29. The maximum Gasteiger partial charge on any atom is 0.238 e. The minimum atomic E-state index is -0.393. The number of carbonyl (C=O) groups excluding carboxylic acids is 2. The summed E-state index contributed by atoms with van der Waals surface area (Å²) >= 11 is 4.00. The molecule has 3 rings (SSSR count). The van der Waals surface area contributed by atoms with Crippen LogP contribution in [0.5, 0.6) is 0 Å². The Bertz CT molecular complexity index is 719. The summed E-state index contributed by atoms with van der Waals surface area (Å²) in [4.78, 5) is 23.4. The third-order valence-corrected chi connectivity index (χ3v) is 6.63. The number of carbonyl (C=O) groups is 2. The van der Waals surface area contributed by atoms with E-state index in [-0.39, 0.29) is 16.9 Å². The van der Waals surface area contributed by atoms with E-state index in [2.05, 4.69) is 15.5 Å². The van der Waals surface area contributed by atoms with Gasteiger partial charge in [0, 0.05) is 6.04 Å². The molecule has 1 aliphatic carbocycles. The summed E-state index contributed by atoms with van der Waals surface area (Å²) < 4.78 is 1.37. The molecule has 0 saturated heterocycles. The Morgan fingerprint density at radius 1 is 1.25 bits per heavy atom. The van der Waals surface area contributed by atoms with Crippen LogP contribution in [0.15, 0.2) is 39.0 Å². The number of benzene rings is 1. The molecule has 9 heteroatoms. The molecule has 1 heterocycles. The first-order chi connectivity index (χ1) is 11.6. The Labute approximate surface area is 152 Å². The van der Waals surface area contributed by atoms with Crippen LogP contribution in [0.1, 0.15) is 23.7 Å². The molecule has 1 saturated carbocycles. The van der Waals surface area contributed by atoms with Gasteiger partial charge in [0.2, 0.25) is 11.8 Å². The highest BCUT2D eigenvalue weighted by Crippen LogP contribution is 2.39. The lowest BCUT2D eigenvalue weighted by molar-refractivity contribution is -0.120. The van der Waals surface area contributed by atoms with E-state index >= 15 is 0 Å². The smallest absolute Gasteiger partial charge is 0.238 e. The van der Waals surface area contributed by atoms with Crippen molar-refractivity contribution < 1.29 is 9.59 Å². The van der Waals surface area contributed by atoms with Gasteiger partial charge in [-0.15, -0.1) is 10.2 Å². The fourth-order valence-electron chi connectivity index (χ4n) is 1.94. The van der Waals surface area contributed by atoms with Crippen molar-refractivity contribution in [1.29, 1.82) is 0 Å². The molecule has 6 nitrogen and oxygen atoms in total. The zero-order valence-electron chi connectivity index (χ0n) is 12.7. The van der Waals surface area contributed by atoms with Crippen molar-refractivity contribution in [2.75, 3.05) is 5.75 Å². The van der Waals surface area contributed by atoms with Gasteiger partial charge in [0.05, 0.1) is 5.75 Å². The van der Waals surface area contributed by atoms with Crippen LogP contribution in [-0.2, 0) is 9.59 Å². The Morgan fingerprint density at radius 3 is 2.62 bits per heavy atom. The Balaban J connectivity index is 1.71. The van der Waals surface area contributed by atoms with Crippen molar-refractivity contribution in [1.82, 2.24) is 15.5 Å². The number of primary amides is 1. The van der Waals surface area contributed by atoms with Crippen molar-refractivity contribution in [3.63, 3.8) is 0 Å². The zero-order chi connectivity index (χ0) is 16.9. The Kier molecular flexibility index (Phi) is 5.75. The first-order valence-corrected chi connectivity index (χ1v) is 10.1. The van der Waals surface area contributed by atoms with Crippen LogP contribution in [0.25, 0.3) is 0 Å². The van der Waals surface area contributed by atoms with Gasteiger partial charge in [-0.1, -0.05) is 65.2 Å². The van der Waals surface area contributed by atoms with Gasteiger partial charge in [-0.25, -0.2) is 0 Å². The van der Waals surface area contributed by atoms with Crippen LogP contribution in [0.2, 0.25) is 0 Å². The SMILES string of the molecule is NC(=O)CSc1nnc(SC(C(=O)NC2CC2)c2ccccc2)s1. The third-order valence-electron chi connectivity index (χ3n) is 3.21. The van der Waals surface area contributed by atoms with Gasteiger partial charge in [0.15, 0.2) is 8.68 Å². The highest BCUT2D eigenvalue weighted by Gasteiger charge is 2.29. The topological polar surface area (TPSA) is 98.0 Å². The summed E-state index contributed by atoms with van der Waals surface area (Å²) in [5.74, 6) is -0.227. The average Bonchev–Trinajstić information content (AvgIpc) is 3.27. The number of rotatable bonds is 8. The average molecular weight is 381 g/mol. The minimum Gasteiger partial charge on any atom is -0.369 e. The number of nitrogens with zero attached hydrogens (tertiary/aromatic N) is 2. The van der Waals surface area contributed by atoms with Crippen LogP contribution in [-0.4, -0.2) is 33.8 Å². The van der Waals surface area contributed by atoms with E-state index in [1.807, 2.05) is 30.3 Å². The Hall–Kier alpha value is -1.58. The van der Waals surface area contributed by atoms with E-state index in [1.54, 1.807) is 0 Å². The molecule has 24 heavy (non-hydrogen) atoms. The molecule has 126 valence electrons. The van der Waals surface area contributed by atoms with E-state index in [9.17, 15) is 9.59 Å². The van der Waals surface area contributed by atoms with Crippen LogP contribution in [0, 0.1) is 0 Å². The summed E-state index contributed by atoms with van der Waals surface area (Å²) in [5, 5.41) is 10.8. The molecule has 1 aromatic carbocycles. The van der Waals surface area contributed by atoms with Crippen LogP contribution >= 0.6 is 34.9 Å². The number of nitrogens with two attached hydrogens (primary N) is 1. The van der Waals surface area contributed by atoms with Crippen molar-refractivity contribution >= 4 is 46.7 Å². The van der Waals surface area contributed by atoms with Gasteiger partial charge in [0.25, 0.3) is 0 Å². The zero-order valence-corrected chi connectivity index (χ0v) is 15.1. The summed E-state index contributed by atoms with van der Waals surface area (Å²) in [6.45, 7) is 0. The quantitative estimate of drug-likeness (QED) is 0.682. The normalized spacial score (nSPS) is 15.0. The van der Waals surface area contributed by atoms with Gasteiger partial charge in [-0.2, -0.15) is 0 Å². The number of aromatic nitrogens is 2. The molecule has 1 fully saturated rings. The number of hydrogen-bond acceptors (Lipinski definition) is 7. The van der Waals surface area contributed by atoms with E-state index in [1.165, 1.54) is 34.9 Å². The van der Waals surface area contributed by atoms with Crippen molar-refractivity contribution in [3.8, 4) is 0 Å². The lowest BCUT2D eigenvalue weighted by atomic mass is 10.1. The maximum absolute atomic E-state index is 12.6. The minimum absolute atomic E-state index is 0.00441. The molecule has 1 aromatic heterocycles. The summed E-state index contributed by atoms with van der Waals surface area (Å²) in [6, 6.07) is 9.94. The van der Waals surface area contributed by atoms with Gasteiger partial charge in [-0.05, 0) is 18.4 Å². The molecule has 3 N–H and O–H groups in total. The first kappa shape index (κ1) is 17.2. The maximum atomic E-state index is 12.6. The highest BCUT2D eigenvalue weighted by molar-refractivity contribution is 8.04. The standard InChI is InChI=1S/C15H16N4O2S3/c16-11(20)8-22-14-18-19-15(24-14)23-12(9-4-2-1-3-5-9)13(21)17-10-6-7-10/h1-5,10,12H,6-8H2,(H2,16,20)(H,17,21). The second kappa shape index (κ2) is 8.00. The third kappa shape index (κ3) is 4.96. The predicted octanol–water partition coefficient (Wildman–Crippen LogP) is 2.23. The van der Waals surface area contributed by atoms with E-state index in [0.717, 1.165) is 18.4 Å². The summed E-state index contributed by atoms with van der Waals surface area (Å²) in [7, 11) is 0. The molecule has 1 aliphatic rings. The fraction of sp³-hybridized carbons (Fsp3) is 0.333. The molecule has 0 bridgehead atoms. The molecular formula is C15H16N4O2S3. The van der Waals surface area contributed by atoms with Crippen LogP contribution < -0.4 is 11.1 Å². The molecular weight excluding hydrogens is 364 g/mol. The Morgan fingerprint density at radius 2 is 1.96 bits per heavy atom. The van der Waals surface area contributed by atoms with Crippen molar-refractivity contribution in [2.45, 2.75) is 32.8 Å². The monoisotopic (exact) mass is 380 g/mol. The lowest BCUT2D eigenvalue weighted by Gasteiger charge is -2.15. The van der Waals surface area contributed by atoms with Crippen molar-refractivity contribution in [3.05, 3.63) is 35.9 Å². The van der Waals surface area contributed by atoms with Gasteiger partial charge in [0.1, 0.15) is 5.25 Å². The second-order valence-corrected chi connectivity index (χ2v) is 8.83. The van der Waals surface area contributed by atoms with Gasteiger partial charge >= 0.3 is 0 Å². The summed E-state index contributed by atoms with van der Waals surface area (Å²) in [5.41, 5.74) is 6.07. The second-order valence-electron chi connectivity index (χ2n) is 5.28. The number of hydrogen-bond donors (Lipinski definition) is 2. The fourth-order valence-corrected chi connectivity index (χ4v) is 4.90. The van der Waals surface area contributed by atoms with Gasteiger partial charge < -0.3 is 11.1 Å². The molecule has 2 amide bonds. The largest absolute Gasteiger partial charge is 0.369 e. The summed E-state index contributed by atoms with van der Waals surface area (Å²) in [6.07, 6.45) is 2.09. The first-order valence-electron chi connectivity index (χ1n) is 7.38. The molecule has 1 unspecified atom stereocenters. The number of amides is 2.